The van der Waals surface area contributed by atoms with Crippen LogP contribution in [0.2, 0.25) is 0 Å². The maximum Gasteiger partial charge on any atom is 0.223 e. The highest BCUT2D eigenvalue weighted by atomic mass is 16.2. The van der Waals surface area contributed by atoms with Crippen LogP contribution in [0.25, 0.3) is 0 Å². The quantitative estimate of drug-likeness (QED) is 0.836. The predicted molar refractivity (Wildman–Crippen MR) is 84.9 cm³/mol. The van der Waals surface area contributed by atoms with E-state index >= 15 is 0 Å². The van der Waals surface area contributed by atoms with E-state index in [0.29, 0.717) is 6.42 Å². The average molecular weight is 282 g/mol. The van der Waals surface area contributed by atoms with Crippen LogP contribution in [0, 0.1) is 0 Å². The Morgan fingerprint density at radius 2 is 1.67 bits per heavy atom. The molecule has 3 heteroatoms. The lowest BCUT2D eigenvalue weighted by Gasteiger charge is -2.26. The molecule has 0 saturated carbocycles. The number of nitrogens with zero attached hydrogens (tertiary/aromatic N) is 2. The summed E-state index contributed by atoms with van der Waals surface area (Å²) < 4.78 is 0. The van der Waals surface area contributed by atoms with Crippen molar-refractivity contribution in [3.63, 3.8) is 0 Å². The maximum absolute atomic E-state index is 12.5. The number of aromatic nitrogens is 1. The molecule has 0 fully saturated rings. The largest absolute Gasteiger partial charge is 0.339 e. The minimum atomic E-state index is 0.0588. The summed E-state index contributed by atoms with van der Waals surface area (Å²) in [5.74, 6) is 0.390. The summed E-state index contributed by atoms with van der Waals surface area (Å²) in [6.45, 7) is 4.14. The fourth-order valence-electron chi connectivity index (χ4n) is 2.39. The van der Waals surface area contributed by atoms with Gasteiger partial charge in [0, 0.05) is 25.9 Å². The first-order chi connectivity index (χ1) is 10.1. The van der Waals surface area contributed by atoms with Crippen molar-refractivity contribution in [2.24, 2.45) is 0 Å². The molecule has 1 heterocycles. The van der Waals surface area contributed by atoms with E-state index < -0.39 is 0 Å². The monoisotopic (exact) mass is 282 g/mol. The van der Waals surface area contributed by atoms with Crippen LogP contribution in [0.15, 0.2) is 54.9 Å². The number of pyridine rings is 1. The summed E-state index contributed by atoms with van der Waals surface area (Å²) in [7, 11) is 1.87. The molecule has 2 aromatic rings. The van der Waals surface area contributed by atoms with Crippen LogP contribution in [0.3, 0.4) is 0 Å². The highest BCUT2D eigenvalue weighted by molar-refractivity contribution is 5.77. The molecule has 0 spiro atoms. The molecule has 0 aliphatic heterocycles. The van der Waals surface area contributed by atoms with E-state index in [0.717, 1.165) is 5.56 Å². The number of amides is 1. The Hall–Kier alpha value is -2.16. The molecule has 0 saturated heterocycles. The lowest BCUT2D eigenvalue weighted by Crippen LogP contribution is -2.30. The van der Waals surface area contributed by atoms with Crippen LogP contribution in [0.5, 0.6) is 0 Å². The van der Waals surface area contributed by atoms with Crippen molar-refractivity contribution < 1.29 is 4.79 Å². The second-order valence-corrected chi connectivity index (χ2v) is 5.48. The molecule has 1 amide bonds. The Morgan fingerprint density at radius 3 is 2.29 bits per heavy atom. The Morgan fingerprint density at radius 1 is 1.05 bits per heavy atom. The average Bonchev–Trinajstić information content (AvgIpc) is 2.55. The third-order valence-electron chi connectivity index (χ3n) is 4.01. The molecule has 2 atom stereocenters. The van der Waals surface area contributed by atoms with E-state index in [-0.39, 0.29) is 17.9 Å². The molecule has 2 rings (SSSR count). The molecular weight excluding hydrogens is 260 g/mol. The number of rotatable bonds is 5. The predicted octanol–water partition coefficient (Wildman–Crippen LogP) is 3.79. The van der Waals surface area contributed by atoms with E-state index in [9.17, 15) is 4.79 Å². The second-order valence-electron chi connectivity index (χ2n) is 5.48. The first kappa shape index (κ1) is 15.2. The lowest BCUT2D eigenvalue weighted by atomic mass is 9.97. The minimum Gasteiger partial charge on any atom is -0.339 e. The Labute approximate surface area is 126 Å². The SMILES string of the molecule is CC(CC(=O)N(C)C(C)c1ccncc1)c1ccccc1. The van der Waals surface area contributed by atoms with Gasteiger partial charge in [-0.3, -0.25) is 9.78 Å². The molecule has 1 aromatic heterocycles. The summed E-state index contributed by atoms with van der Waals surface area (Å²) >= 11 is 0. The fraction of sp³-hybridized carbons (Fsp3) is 0.333. The standard InChI is InChI=1S/C18H22N2O/c1-14(16-7-5-4-6-8-16)13-18(21)20(3)15(2)17-9-11-19-12-10-17/h4-12,14-15H,13H2,1-3H3. The van der Waals surface area contributed by atoms with Gasteiger partial charge in [-0.1, -0.05) is 37.3 Å². The van der Waals surface area contributed by atoms with Crippen LogP contribution < -0.4 is 0 Å². The zero-order chi connectivity index (χ0) is 15.2. The molecule has 0 aliphatic rings. The van der Waals surface area contributed by atoms with E-state index in [1.165, 1.54) is 5.56 Å². The summed E-state index contributed by atoms with van der Waals surface area (Å²) in [5.41, 5.74) is 2.31. The molecule has 0 N–H and O–H groups in total. The van der Waals surface area contributed by atoms with Gasteiger partial charge in [0.1, 0.15) is 0 Å². The van der Waals surface area contributed by atoms with Gasteiger partial charge in [0.2, 0.25) is 5.91 Å². The van der Waals surface area contributed by atoms with E-state index in [2.05, 4.69) is 24.0 Å². The number of hydrogen-bond acceptors (Lipinski definition) is 2. The minimum absolute atomic E-state index is 0.0588. The Balaban J connectivity index is 2.00. The molecule has 21 heavy (non-hydrogen) atoms. The van der Waals surface area contributed by atoms with Gasteiger partial charge in [-0.2, -0.15) is 0 Å². The van der Waals surface area contributed by atoms with Gasteiger partial charge < -0.3 is 4.90 Å². The van der Waals surface area contributed by atoms with E-state index in [1.807, 2.05) is 49.2 Å². The van der Waals surface area contributed by atoms with Crippen molar-refractivity contribution in [2.75, 3.05) is 7.05 Å². The van der Waals surface area contributed by atoms with Crippen LogP contribution in [0.4, 0.5) is 0 Å². The van der Waals surface area contributed by atoms with Crippen LogP contribution in [0.1, 0.15) is 43.4 Å². The number of benzene rings is 1. The number of hydrogen-bond donors (Lipinski definition) is 0. The maximum atomic E-state index is 12.5. The third kappa shape index (κ3) is 3.91. The number of carbonyl (C=O) groups is 1. The Kier molecular flexibility index (Phi) is 5.09. The molecule has 110 valence electrons. The van der Waals surface area contributed by atoms with Gasteiger partial charge in [-0.05, 0) is 36.1 Å². The van der Waals surface area contributed by atoms with Crippen molar-refractivity contribution in [2.45, 2.75) is 32.2 Å². The molecule has 0 radical (unpaired) electrons. The lowest BCUT2D eigenvalue weighted by molar-refractivity contribution is -0.132. The second kappa shape index (κ2) is 7.02. The fourth-order valence-corrected chi connectivity index (χ4v) is 2.39. The summed E-state index contributed by atoms with van der Waals surface area (Å²) in [4.78, 5) is 18.3. The van der Waals surface area contributed by atoms with Gasteiger partial charge in [0.05, 0.1) is 6.04 Å². The van der Waals surface area contributed by atoms with Gasteiger partial charge in [0.15, 0.2) is 0 Å². The zero-order valence-electron chi connectivity index (χ0n) is 12.9. The topological polar surface area (TPSA) is 33.2 Å². The van der Waals surface area contributed by atoms with Crippen molar-refractivity contribution in [3.8, 4) is 0 Å². The van der Waals surface area contributed by atoms with Gasteiger partial charge in [-0.25, -0.2) is 0 Å². The van der Waals surface area contributed by atoms with Crippen LogP contribution >= 0.6 is 0 Å². The molecular formula is C18H22N2O. The molecule has 1 aromatic carbocycles. The highest BCUT2D eigenvalue weighted by Gasteiger charge is 2.19. The van der Waals surface area contributed by atoms with Gasteiger partial charge in [-0.15, -0.1) is 0 Å². The van der Waals surface area contributed by atoms with Crippen LogP contribution in [-0.2, 0) is 4.79 Å². The summed E-state index contributed by atoms with van der Waals surface area (Å²) in [6.07, 6.45) is 4.05. The summed E-state index contributed by atoms with van der Waals surface area (Å²) in [5, 5.41) is 0. The first-order valence-corrected chi connectivity index (χ1v) is 7.30. The Bertz CT molecular complexity index is 568. The molecule has 0 bridgehead atoms. The molecule has 2 unspecified atom stereocenters. The van der Waals surface area contributed by atoms with E-state index in [1.54, 1.807) is 12.4 Å². The van der Waals surface area contributed by atoms with E-state index in [4.69, 9.17) is 0 Å². The highest BCUT2D eigenvalue weighted by Crippen LogP contribution is 2.23. The van der Waals surface area contributed by atoms with Crippen molar-refractivity contribution >= 4 is 5.91 Å². The van der Waals surface area contributed by atoms with Gasteiger partial charge >= 0.3 is 0 Å². The summed E-state index contributed by atoms with van der Waals surface area (Å²) in [6, 6.07) is 14.1. The normalized spacial score (nSPS) is 13.5. The first-order valence-electron chi connectivity index (χ1n) is 7.30. The van der Waals surface area contributed by atoms with Crippen molar-refractivity contribution in [1.29, 1.82) is 0 Å². The number of carbonyl (C=O) groups excluding carboxylic acids is 1. The molecule has 3 nitrogen and oxygen atoms in total. The zero-order valence-corrected chi connectivity index (χ0v) is 12.9. The smallest absolute Gasteiger partial charge is 0.223 e. The third-order valence-corrected chi connectivity index (χ3v) is 4.01. The van der Waals surface area contributed by atoms with Gasteiger partial charge in [0.25, 0.3) is 0 Å². The van der Waals surface area contributed by atoms with Crippen molar-refractivity contribution in [3.05, 3.63) is 66.0 Å². The van der Waals surface area contributed by atoms with Crippen molar-refractivity contribution in [1.82, 2.24) is 9.88 Å². The van der Waals surface area contributed by atoms with Crippen LogP contribution in [-0.4, -0.2) is 22.8 Å². The molecule has 0 aliphatic carbocycles.